The second kappa shape index (κ2) is 5.44. The van der Waals surface area contributed by atoms with Gasteiger partial charge in [-0.05, 0) is 19.9 Å². The molecule has 5 heteroatoms. The van der Waals surface area contributed by atoms with Gasteiger partial charge in [0.15, 0.2) is 0 Å². The normalized spacial score (nSPS) is 12.8. The number of aromatic nitrogens is 2. The molecule has 1 heterocycles. The quantitative estimate of drug-likeness (QED) is 0.902. The molecule has 2 rings (SSSR count). The largest absolute Gasteiger partial charge is 0.480 e. The van der Waals surface area contributed by atoms with Gasteiger partial charge in [0.05, 0.1) is 16.5 Å². The monoisotopic (exact) mass is 264 g/mol. The number of rotatable bonds is 5. The Bertz CT molecular complexity index is 565. The number of hydrogen-bond acceptors (Lipinski definition) is 3. The lowest BCUT2D eigenvalue weighted by atomic mass is 10.2. The highest BCUT2D eigenvalue weighted by Crippen LogP contribution is 2.24. The van der Waals surface area contributed by atoms with E-state index in [0.29, 0.717) is 5.75 Å². The first kappa shape index (κ1) is 13.0. The molecule has 0 bridgehead atoms. The minimum Gasteiger partial charge on any atom is -0.480 e. The van der Waals surface area contributed by atoms with Crippen LogP contribution in [-0.2, 0) is 17.1 Å². The number of carboxylic acids is 1. The lowest BCUT2D eigenvalue weighted by molar-refractivity contribution is -0.136. The summed E-state index contributed by atoms with van der Waals surface area (Å²) in [5.74, 6) is -0.153. The number of aryl methyl sites for hydroxylation is 1. The van der Waals surface area contributed by atoms with Crippen molar-refractivity contribution in [3.05, 3.63) is 30.0 Å². The van der Waals surface area contributed by atoms with E-state index in [1.54, 1.807) is 6.92 Å². The molecule has 4 nitrogen and oxygen atoms in total. The first-order chi connectivity index (χ1) is 8.63. The highest BCUT2D eigenvalue weighted by molar-refractivity contribution is 7.99. The van der Waals surface area contributed by atoms with E-state index in [4.69, 9.17) is 5.11 Å². The molecule has 1 aromatic carbocycles. The lowest BCUT2D eigenvalue weighted by Crippen LogP contribution is -2.11. The molecule has 1 aromatic heterocycles. The molecule has 0 spiro atoms. The van der Waals surface area contributed by atoms with Crippen LogP contribution < -0.4 is 0 Å². The summed E-state index contributed by atoms with van der Waals surface area (Å²) in [5, 5.41) is 14.1. The van der Waals surface area contributed by atoms with Gasteiger partial charge in [-0.1, -0.05) is 18.2 Å². The van der Waals surface area contributed by atoms with Crippen molar-refractivity contribution < 1.29 is 9.90 Å². The molecule has 1 unspecified atom stereocenters. The van der Waals surface area contributed by atoms with Gasteiger partial charge >= 0.3 is 5.97 Å². The maximum absolute atomic E-state index is 10.8. The summed E-state index contributed by atoms with van der Waals surface area (Å²) >= 11 is 1.40. The summed E-state index contributed by atoms with van der Waals surface area (Å²) in [6, 6.07) is 8.06. The molecule has 2 aromatic rings. The van der Waals surface area contributed by atoms with Gasteiger partial charge in [-0.15, -0.1) is 11.8 Å². The molecule has 0 aliphatic carbocycles. The zero-order chi connectivity index (χ0) is 13.1. The van der Waals surface area contributed by atoms with Crippen LogP contribution in [0.15, 0.2) is 24.3 Å². The predicted octanol–water partition coefficient (Wildman–Crippen LogP) is 2.76. The maximum atomic E-state index is 10.8. The molecule has 0 amide bonds. The number of benzene rings is 1. The minimum absolute atomic E-state index is 0.407. The number of carboxylic acid groups (broad SMARTS) is 1. The van der Waals surface area contributed by atoms with Gasteiger partial charge in [-0.3, -0.25) is 9.48 Å². The van der Waals surface area contributed by atoms with Crippen molar-refractivity contribution >= 4 is 28.6 Å². The minimum atomic E-state index is -0.778. The van der Waals surface area contributed by atoms with Crippen molar-refractivity contribution in [3.63, 3.8) is 0 Å². The Balaban J connectivity index is 2.25. The Labute approximate surface area is 110 Å². The van der Waals surface area contributed by atoms with Crippen LogP contribution in [0, 0.1) is 0 Å². The molecule has 0 radical (unpaired) electrons. The fraction of sp³-hybridized carbons (Fsp3) is 0.385. The van der Waals surface area contributed by atoms with E-state index in [2.05, 4.69) is 12.0 Å². The fourth-order valence-electron chi connectivity index (χ4n) is 1.82. The number of fused-ring (bicyclic) bond motifs is 1. The predicted molar refractivity (Wildman–Crippen MR) is 73.8 cm³/mol. The summed E-state index contributed by atoms with van der Waals surface area (Å²) in [4.78, 5) is 10.8. The second-order valence-electron chi connectivity index (χ2n) is 4.07. The van der Waals surface area contributed by atoms with Gasteiger partial charge in [0, 0.05) is 17.7 Å². The van der Waals surface area contributed by atoms with Gasteiger partial charge in [0.25, 0.3) is 0 Å². The number of aliphatic carboxylic acids is 1. The van der Waals surface area contributed by atoms with Gasteiger partial charge in [0.1, 0.15) is 0 Å². The molecule has 0 aliphatic heterocycles. The Morgan fingerprint density at radius 2 is 2.22 bits per heavy atom. The zero-order valence-corrected chi connectivity index (χ0v) is 11.3. The number of nitrogens with zero attached hydrogens (tertiary/aromatic N) is 2. The van der Waals surface area contributed by atoms with E-state index >= 15 is 0 Å². The molecule has 1 N–H and O–H groups in total. The van der Waals surface area contributed by atoms with Gasteiger partial charge in [-0.2, -0.15) is 5.10 Å². The molecule has 96 valence electrons. The zero-order valence-electron chi connectivity index (χ0n) is 10.5. The highest BCUT2D eigenvalue weighted by atomic mass is 32.2. The summed E-state index contributed by atoms with van der Waals surface area (Å²) in [6.07, 6.45) is 0. The van der Waals surface area contributed by atoms with Crippen LogP contribution >= 0.6 is 11.8 Å². The van der Waals surface area contributed by atoms with Crippen LogP contribution in [0.4, 0.5) is 0 Å². The number of thioether (sulfide) groups is 1. The molecule has 0 fully saturated rings. The van der Waals surface area contributed by atoms with Crippen LogP contribution in [0.3, 0.4) is 0 Å². The van der Waals surface area contributed by atoms with Crippen LogP contribution in [0.2, 0.25) is 0 Å². The van der Waals surface area contributed by atoms with Crippen LogP contribution in [0.5, 0.6) is 0 Å². The molecule has 1 atom stereocenters. The average molecular weight is 264 g/mol. The standard InChI is InChI=1S/C13H16N2O2S/c1-3-15-12-7-5-4-6-10(12)11(14-15)8-18-9(2)13(16)17/h4-7,9H,3,8H2,1-2H3,(H,16,17). The SMILES string of the molecule is CCn1nc(CSC(C)C(=O)O)c2ccccc21. The average Bonchev–Trinajstić information content (AvgIpc) is 2.74. The third kappa shape index (κ3) is 2.51. The maximum Gasteiger partial charge on any atom is 0.316 e. The highest BCUT2D eigenvalue weighted by Gasteiger charge is 2.14. The molecular formula is C13H16N2O2S. The van der Waals surface area contributed by atoms with Crippen molar-refractivity contribution in [2.45, 2.75) is 31.4 Å². The lowest BCUT2D eigenvalue weighted by Gasteiger charge is -2.03. The summed E-state index contributed by atoms with van der Waals surface area (Å²) in [7, 11) is 0. The van der Waals surface area contributed by atoms with E-state index in [1.807, 2.05) is 28.9 Å². The van der Waals surface area contributed by atoms with Crippen molar-refractivity contribution in [3.8, 4) is 0 Å². The van der Waals surface area contributed by atoms with E-state index in [-0.39, 0.29) is 0 Å². The number of carbonyl (C=O) groups is 1. The summed E-state index contributed by atoms with van der Waals surface area (Å²) in [5.41, 5.74) is 2.07. The topological polar surface area (TPSA) is 55.1 Å². The fourth-order valence-corrected chi connectivity index (χ4v) is 2.58. The third-order valence-electron chi connectivity index (χ3n) is 2.85. The summed E-state index contributed by atoms with van der Waals surface area (Å²) in [6.45, 7) is 4.57. The smallest absolute Gasteiger partial charge is 0.316 e. The first-order valence-corrected chi connectivity index (χ1v) is 6.97. The Kier molecular flexibility index (Phi) is 3.91. The molecule has 0 aliphatic rings. The molecule has 18 heavy (non-hydrogen) atoms. The molecule has 0 saturated carbocycles. The van der Waals surface area contributed by atoms with Gasteiger partial charge < -0.3 is 5.11 Å². The molecular weight excluding hydrogens is 248 g/mol. The molecule has 0 saturated heterocycles. The van der Waals surface area contributed by atoms with E-state index in [0.717, 1.165) is 23.1 Å². The number of hydrogen-bond donors (Lipinski definition) is 1. The van der Waals surface area contributed by atoms with Crippen LogP contribution in [0.1, 0.15) is 19.5 Å². The van der Waals surface area contributed by atoms with Crippen molar-refractivity contribution in [2.75, 3.05) is 0 Å². The van der Waals surface area contributed by atoms with E-state index in [1.165, 1.54) is 11.8 Å². The Hall–Kier alpha value is -1.49. The van der Waals surface area contributed by atoms with Crippen LogP contribution in [-0.4, -0.2) is 26.1 Å². The van der Waals surface area contributed by atoms with E-state index in [9.17, 15) is 4.79 Å². The third-order valence-corrected chi connectivity index (χ3v) is 3.99. The van der Waals surface area contributed by atoms with Crippen molar-refractivity contribution in [1.82, 2.24) is 9.78 Å². The van der Waals surface area contributed by atoms with E-state index < -0.39 is 11.2 Å². The first-order valence-electron chi connectivity index (χ1n) is 5.92. The van der Waals surface area contributed by atoms with Crippen molar-refractivity contribution in [2.24, 2.45) is 0 Å². The van der Waals surface area contributed by atoms with Gasteiger partial charge in [0.2, 0.25) is 0 Å². The Morgan fingerprint density at radius 3 is 2.89 bits per heavy atom. The number of para-hydroxylation sites is 1. The van der Waals surface area contributed by atoms with Crippen molar-refractivity contribution in [1.29, 1.82) is 0 Å². The summed E-state index contributed by atoms with van der Waals surface area (Å²) < 4.78 is 1.96. The Morgan fingerprint density at radius 1 is 1.50 bits per heavy atom. The van der Waals surface area contributed by atoms with Gasteiger partial charge in [-0.25, -0.2) is 0 Å². The van der Waals surface area contributed by atoms with Crippen LogP contribution in [0.25, 0.3) is 10.9 Å². The second-order valence-corrected chi connectivity index (χ2v) is 5.40.